The van der Waals surface area contributed by atoms with Crippen LogP contribution < -0.4 is 5.32 Å². The molecule has 0 fully saturated rings. The van der Waals surface area contributed by atoms with Crippen LogP contribution in [0.1, 0.15) is 12.8 Å². The summed E-state index contributed by atoms with van der Waals surface area (Å²) in [6.45, 7) is 0. The number of hydrogen-bond donors (Lipinski definition) is 1. The molecule has 0 aliphatic rings. The third-order valence-corrected chi connectivity index (χ3v) is 4.69. The molecule has 0 saturated heterocycles. The summed E-state index contributed by atoms with van der Waals surface area (Å²) < 4.78 is 6.09. The van der Waals surface area contributed by atoms with Gasteiger partial charge in [0.15, 0.2) is 0 Å². The van der Waals surface area contributed by atoms with Crippen molar-refractivity contribution in [2.24, 2.45) is 0 Å². The Labute approximate surface area is 156 Å². The highest BCUT2D eigenvalue weighted by molar-refractivity contribution is 7.15. The Morgan fingerprint density at radius 1 is 1.32 bits per heavy atom. The third-order valence-electron chi connectivity index (χ3n) is 3.32. The minimum absolute atomic E-state index is 0.00379. The van der Waals surface area contributed by atoms with Crippen LogP contribution in [0.4, 0.5) is 5.95 Å². The maximum atomic E-state index is 11.8. The van der Waals surface area contributed by atoms with Gasteiger partial charge in [0.05, 0.1) is 24.2 Å². The molecule has 7 nitrogen and oxygen atoms in total. The van der Waals surface area contributed by atoms with Gasteiger partial charge in [-0.2, -0.15) is 4.98 Å². The van der Waals surface area contributed by atoms with Gasteiger partial charge in [-0.1, -0.05) is 23.2 Å². The van der Waals surface area contributed by atoms with Gasteiger partial charge >= 0.3 is 5.97 Å². The Morgan fingerprint density at radius 3 is 2.84 bits per heavy atom. The van der Waals surface area contributed by atoms with Gasteiger partial charge < -0.3 is 4.74 Å². The molecule has 0 atom stereocenters. The maximum Gasteiger partial charge on any atom is 0.306 e. The van der Waals surface area contributed by atoms with E-state index in [0.717, 1.165) is 11.3 Å². The summed E-state index contributed by atoms with van der Waals surface area (Å²) in [4.78, 5) is 27.8. The molecule has 1 amide bonds. The Kier molecular flexibility index (Phi) is 5.22. The van der Waals surface area contributed by atoms with Crippen molar-refractivity contribution in [3.8, 4) is 11.3 Å². The van der Waals surface area contributed by atoms with Crippen LogP contribution in [0, 0.1) is 0 Å². The summed E-state index contributed by atoms with van der Waals surface area (Å²) in [6.07, 6.45) is -0.00835. The van der Waals surface area contributed by atoms with Crippen molar-refractivity contribution in [2.45, 2.75) is 12.8 Å². The molecule has 0 aliphatic heterocycles. The van der Waals surface area contributed by atoms with Crippen LogP contribution in [0.25, 0.3) is 16.2 Å². The molecular weight excluding hydrogens is 387 g/mol. The first-order valence-electron chi connectivity index (χ1n) is 7.14. The number of amides is 1. The quantitative estimate of drug-likeness (QED) is 0.662. The van der Waals surface area contributed by atoms with Crippen molar-refractivity contribution in [3.05, 3.63) is 33.6 Å². The van der Waals surface area contributed by atoms with Gasteiger partial charge in [-0.05, 0) is 18.2 Å². The molecule has 0 aliphatic carbocycles. The fourth-order valence-electron chi connectivity index (χ4n) is 2.12. The molecule has 0 radical (unpaired) electrons. The van der Waals surface area contributed by atoms with E-state index in [1.54, 1.807) is 22.7 Å². The van der Waals surface area contributed by atoms with Gasteiger partial charge in [0, 0.05) is 22.4 Å². The van der Waals surface area contributed by atoms with Crippen molar-refractivity contribution >= 4 is 57.3 Å². The number of anilines is 1. The molecule has 0 unspecified atom stereocenters. The van der Waals surface area contributed by atoms with Gasteiger partial charge in [-0.3, -0.25) is 14.9 Å². The van der Waals surface area contributed by atoms with Crippen molar-refractivity contribution < 1.29 is 14.3 Å². The Hall–Kier alpha value is -2.16. The van der Waals surface area contributed by atoms with E-state index in [4.69, 9.17) is 23.2 Å². The highest BCUT2D eigenvalue weighted by Gasteiger charge is 2.16. The summed E-state index contributed by atoms with van der Waals surface area (Å²) >= 11 is 13.5. The normalized spacial score (nSPS) is 10.8. The summed E-state index contributed by atoms with van der Waals surface area (Å²) in [6, 6.07) is 5.18. The smallest absolute Gasteiger partial charge is 0.306 e. The van der Waals surface area contributed by atoms with Gasteiger partial charge in [0.1, 0.15) is 0 Å². The molecule has 2 heterocycles. The van der Waals surface area contributed by atoms with E-state index in [1.807, 2.05) is 5.38 Å². The van der Waals surface area contributed by atoms with Crippen molar-refractivity contribution in [3.63, 3.8) is 0 Å². The van der Waals surface area contributed by atoms with Crippen LogP contribution in [-0.4, -0.2) is 33.6 Å². The summed E-state index contributed by atoms with van der Waals surface area (Å²) in [5.41, 5.74) is 1.50. The lowest BCUT2D eigenvalue weighted by molar-refractivity contribution is -0.141. The fourth-order valence-corrected chi connectivity index (χ4v) is 3.45. The van der Waals surface area contributed by atoms with E-state index in [2.05, 4.69) is 20.1 Å². The average Bonchev–Trinajstić information content (AvgIpc) is 3.13. The average molecular weight is 399 g/mol. The second kappa shape index (κ2) is 7.38. The molecule has 10 heteroatoms. The van der Waals surface area contributed by atoms with Crippen LogP contribution in [-0.2, 0) is 14.3 Å². The lowest BCUT2D eigenvalue weighted by atomic mass is 10.2. The molecule has 0 spiro atoms. The van der Waals surface area contributed by atoms with Crippen LogP contribution in [0.3, 0.4) is 0 Å². The first-order chi connectivity index (χ1) is 12.0. The molecule has 3 rings (SSSR count). The summed E-state index contributed by atoms with van der Waals surface area (Å²) in [5, 5.41) is 9.74. The standard InChI is InChI=1S/C15H12Cl2N4O3S/c1-24-13(23)5-4-12(22)18-14-19-15-21(20-14)11(7-25-15)9-3-2-8(16)6-10(9)17/h2-3,6-7H,4-5H2,1H3,(H,18,20,22). The number of ether oxygens (including phenoxy) is 1. The number of carbonyl (C=O) groups excluding carboxylic acids is 2. The topological polar surface area (TPSA) is 85.6 Å². The van der Waals surface area contributed by atoms with Gasteiger partial charge in [0.2, 0.25) is 16.8 Å². The number of methoxy groups -OCH3 is 1. The number of nitrogens with zero attached hydrogens (tertiary/aromatic N) is 3. The number of carbonyl (C=O) groups is 2. The van der Waals surface area contributed by atoms with E-state index < -0.39 is 5.97 Å². The molecule has 3 aromatic rings. The zero-order chi connectivity index (χ0) is 18.0. The number of fused-ring (bicyclic) bond motifs is 1. The second-order valence-electron chi connectivity index (χ2n) is 5.00. The minimum Gasteiger partial charge on any atom is -0.469 e. The molecule has 130 valence electrons. The number of halogens is 2. The zero-order valence-electron chi connectivity index (χ0n) is 13.0. The van der Waals surface area contributed by atoms with E-state index >= 15 is 0 Å². The summed E-state index contributed by atoms with van der Waals surface area (Å²) in [5.74, 6) is -0.656. The summed E-state index contributed by atoms with van der Waals surface area (Å²) in [7, 11) is 1.27. The van der Waals surface area contributed by atoms with Crippen molar-refractivity contribution in [2.75, 3.05) is 12.4 Å². The van der Waals surface area contributed by atoms with E-state index in [-0.39, 0.29) is 24.7 Å². The fraction of sp³-hybridized carbons (Fsp3) is 0.200. The van der Waals surface area contributed by atoms with E-state index in [9.17, 15) is 9.59 Å². The lowest BCUT2D eigenvalue weighted by Gasteiger charge is -2.03. The number of esters is 1. The van der Waals surface area contributed by atoms with Crippen molar-refractivity contribution in [1.29, 1.82) is 0 Å². The molecule has 0 bridgehead atoms. The number of aromatic nitrogens is 3. The van der Waals surface area contributed by atoms with Crippen LogP contribution >= 0.6 is 34.5 Å². The second-order valence-corrected chi connectivity index (χ2v) is 6.68. The van der Waals surface area contributed by atoms with E-state index in [1.165, 1.54) is 18.4 Å². The number of hydrogen-bond acceptors (Lipinski definition) is 6. The molecule has 0 saturated carbocycles. The van der Waals surface area contributed by atoms with Gasteiger partial charge in [0.25, 0.3) is 0 Å². The van der Waals surface area contributed by atoms with Crippen molar-refractivity contribution in [1.82, 2.24) is 14.6 Å². The number of rotatable bonds is 5. The third kappa shape index (κ3) is 3.92. The van der Waals surface area contributed by atoms with Crippen LogP contribution in [0.2, 0.25) is 10.0 Å². The predicted octanol–water partition coefficient (Wildman–Crippen LogP) is 3.66. The minimum atomic E-state index is -0.450. The molecule has 25 heavy (non-hydrogen) atoms. The van der Waals surface area contributed by atoms with Crippen LogP contribution in [0.15, 0.2) is 23.6 Å². The maximum absolute atomic E-state index is 11.8. The predicted molar refractivity (Wildman–Crippen MR) is 96.2 cm³/mol. The largest absolute Gasteiger partial charge is 0.469 e. The highest BCUT2D eigenvalue weighted by atomic mass is 35.5. The number of benzene rings is 1. The SMILES string of the molecule is COC(=O)CCC(=O)Nc1nc2scc(-c3ccc(Cl)cc3Cl)n2n1. The molecule has 1 N–H and O–H groups in total. The van der Waals surface area contributed by atoms with E-state index in [0.29, 0.717) is 15.0 Å². The first-order valence-corrected chi connectivity index (χ1v) is 8.78. The monoisotopic (exact) mass is 398 g/mol. The first kappa shape index (κ1) is 17.7. The van der Waals surface area contributed by atoms with Gasteiger partial charge in [-0.15, -0.1) is 16.4 Å². The highest BCUT2D eigenvalue weighted by Crippen LogP contribution is 2.33. The zero-order valence-corrected chi connectivity index (χ0v) is 15.3. The Balaban J connectivity index is 1.81. The number of nitrogens with one attached hydrogen (secondary N) is 1. The lowest BCUT2D eigenvalue weighted by Crippen LogP contribution is -2.15. The number of thiazole rings is 1. The molecule has 2 aromatic heterocycles. The van der Waals surface area contributed by atoms with Crippen LogP contribution in [0.5, 0.6) is 0 Å². The Bertz CT molecular complexity index is 954. The molecular formula is C15H12Cl2N4O3S. The van der Waals surface area contributed by atoms with Gasteiger partial charge in [-0.25, -0.2) is 4.52 Å². The Morgan fingerprint density at radius 2 is 2.12 bits per heavy atom. The molecule has 1 aromatic carbocycles.